The van der Waals surface area contributed by atoms with Crippen LogP contribution in [0.4, 0.5) is 0 Å². The van der Waals surface area contributed by atoms with Crippen LogP contribution in [-0.2, 0) is 0 Å². The summed E-state index contributed by atoms with van der Waals surface area (Å²) in [6.45, 7) is 3.24. The highest BCUT2D eigenvalue weighted by Gasteiger charge is 2.18. The molecule has 1 aromatic heterocycles. The van der Waals surface area contributed by atoms with Crippen LogP contribution in [0.2, 0.25) is 5.02 Å². The van der Waals surface area contributed by atoms with Crippen molar-refractivity contribution >= 4 is 29.9 Å². The summed E-state index contributed by atoms with van der Waals surface area (Å²) >= 11 is 5.73. The first-order valence-corrected chi connectivity index (χ1v) is 4.99. The van der Waals surface area contributed by atoms with Gasteiger partial charge in [-0.25, -0.2) is 0 Å². The van der Waals surface area contributed by atoms with Gasteiger partial charge in [0.1, 0.15) is 5.69 Å². The summed E-state index contributed by atoms with van der Waals surface area (Å²) in [4.78, 5) is 16.5. The van der Waals surface area contributed by atoms with Gasteiger partial charge in [0.15, 0.2) is 0 Å². The van der Waals surface area contributed by atoms with Gasteiger partial charge in [-0.05, 0) is 6.07 Å². The van der Waals surface area contributed by atoms with Gasteiger partial charge in [-0.15, -0.1) is 12.4 Å². The van der Waals surface area contributed by atoms with Gasteiger partial charge in [-0.2, -0.15) is 0 Å². The maximum absolute atomic E-state index is 11.8. The number of nitrogens with zero attached hydrogens (tertiary/aromatic N) is 1. The Morgan fingerprint density at radius 1 is 1.40 bits per heavy atom. The molecule has 0 radical (unpaired) electrons. The first-order chi connectivity index (χ1) is 6.77. The highest BCUT2D eigenvalue weighted by molar-refractivity contribution is 6.30. The molecular formula is C9H13Cl2N3O. The van der Waals surface area contributed by atoms with Gasteiger partial charge in [-0.1, -0.05) is 11.6 Å². The van der Waals surface area contributed by atoms with E-state index in [-0.39, 0.29) is 18.3 Å². The van der Waals surface area contributed by atoms with Crippen molar-refractivity contribution in [2.75, 3.05) is 26.2 Å². The molecule has 0 aliphatic carbocycles. The fourth-order valence-corrected chi connectivity index (χ4v) is 1.69. The summed E-state index contributed by atoms with van der Waals surface area (Å²) < 4.78 is 0. The van der Waals surface area contributed by atoms with Crippen molar-refractivity contribution < 1.29 is 4.79 Å². The quantitative estimate of drug-likeness (QED) is 0.785. The average molecular weight is 250 g/mol. The SMILES string of the molecule is Cl.O=C(c1cc(Cl)c[nH]1)N1CCNCC1. The minimum absolute atomic E-state index is 0. The lowest BCUT2D eigenvalue weighted by molar-refractivity contribution is 0.0730. The van der Waals surface area contributed by atoms with Crippen molar-refractivity contribution in [3.8, 4) is 0 Å². The Labute approximate surface area is 99.4 Å². The Kier molecular flexibility index (Phi) is 4.45. The van der Waals surface area contributed by atoms with E-state index in [0.717, 1.165) is 26.2 Å². The van der Waals surface area contributed by atoms with Crippen molar-refractivity contribution in [1.29, 1.82) is 0 Å². The molecule has 2 rings (SSSR count). The van der Waals surface area contributed by atoms with Crippen LogP contribution in [-0.4, -0.2) is 42.0 Å². The molecule has 0 bridgehead atoms. The number of aromatic nitrogens is 1. The summed E-state index contributed by atoms with van der Waals surface area (Å²) in [7, 11) is 0. The first-order valence-electron chi connectivity index (χ1n) is 4.61. The second kappa shape index (κ2) is 5.39. The van der Waals surface area contributed by atoms with Crippen LogP contribution >= 0.6 is 24.0 Å². The molecular weight excluding hydrogens is 237 g/mol. The zero-order chi connectivity index (χ0) is 9.97. The second-order valence-electron chi connectivity index (χ2n) is 3.27. The maximum atomic E-state index is 11.8. The van der Waals surface area contributed by atoms with Crippen molar-refractivity contribution in [2.24, 2.45) is 0 Å². The molecule has 1 aliphatic rings. The van der Waals surface area contributed by atoms with Crippen LogP contribution in [0.15, 0.2) is 12.3 Å². The van der Waals surface area contributed by atoms with Crippen LogP contribution < -0.4 is 5.32 Å². The van der Waals surface area contributed by atoms with Crippen molar-refractivity contribution in [3.05, 3.63) is 23.0 Å². The van der Waals surface area contributed by atoms with Crippen molar-refractivity contribution in [2.45, 2.75) is 0 Å². The van der Waals surface area contributed by atoms with Gasteiger partial charge in [0.25, 0.3) is 5.91 Å². The predicted molar refractivity (Wildman–Crippen MR) is 61.8 cm³/mol. The summed E-state index contributed by atoms with van der Waals surface area (Å²) in [5, 5.41) is 3.77. The molecule has 0 aromatic carbocycles. The molecule has 6 heteroatoms. The summed E-state index contributed by atoms with van der Waals surface area (Å²) in [5.74, 6) is 0.0263. The van der Waals surface area contributed by atoms with Gasteiger partial charge >= 0.3 is 0 Å². The number of amides is 1. The fraction of sp³-hybridized carbons (Fsp3) is 0.444. The standard InChI is InChI=1S/C9H12ClN3O.ClH/c10-7-5-8(12-6-7)9(14)13-3-1-11-2-4-13;/h5-6,11-12H,1-4H2;1H. The lowest BCUT2D eigenvalue weighted by Gasteiger charge is -2.26. The fourth-order valence-electron chi connectivity index (χ4n) is 1.53. The van der Waals surface area contributed by atoms with E-state index in [0.29, 0.717) is 10.7 Å². The normalized spacial score (nSPS) is 15.9. The molecule has 15 heavy (non-hydrogen) atoms. The van der Waals surface area contributed by atoms with E-state index < -0.39 is 0 Å². The molecule has 1 aromatic rings. The number of carbonyl (C=O) groups excluding carboxylic acids is 1. The predicted octanol–water partition coefficient (Wildman–Crippen LogP) is 1.14. The number of piperazine rings is 1. The van der Waals surface area contributed by atoms with Crippen LogP contribution in [0.25, 0.3) is 0 Å². The number of carbonyl (C=O) groups is 1. The molecule has 84 valence electrons. The summed E-state index contributed by atoms with van der Waals surface area (Å²) in [6, 6.07) is 1.66. The number of H-pyrrole nitrogens is 1. The number of nitrogens with one attached hydrogen (secondary N) is 2. The zero-order valence-electron chi connectivity index (χ0n) is 8.12. The molecule has 0 unspecified atom stereocenters. The zero-order valence-corrected chi connectivity index (χ0v) is 9.70. The highest BCUT2D eigenvalue weighted by atomic mass is 35.5. The lowest BCUT2D eigenvalue weighted by Crippen LogP contribution is -2.46. The van der Waals surface area contributed by atoms with E-state index in [4.69, 9.17) is 11.6 Å². The molecule has 2 heterocycles. The average Bonchev–Trinajstić information content (AvgIpc) is 2.65. The van der Waals surface area contributed by atoms with E-state index in [1.54, 1.807) is 12.3 Å². The van der Waals surface area contributed by atoms with Gasteiger partial charge < -0.3 is 15.2 Å². The summed E-state index contributed by atoms with van der Waals surface area (Å²) in [6.07, 6.45) is 1.62. The second-order valence-corrected chi connectivity index (χ2v) is 3.71. The topological polar surface area (TPSA) is 48.1 Å². The largest absolute Gasteiger partial charge is 0.356 e. The monoisotopic (exact) mass is 249 g/mol. The van der Waals surface area contributed by atoms with E-state index in [2.05, 4.69) is 10.3 Å². The van der Waals surface area contributed by atoms with E-state index >= 15 is 0 Å². The number of aromatic amines is 1. The Morgan fingerprint density at radius 3 is 2.60 bits per heavy atom. The van der Waals surface area contributed by atoms with Gasteiger partial charge in [0, 0.05) is 32.4 Å². The Morgan fingerprint density at radius 2 is 2.07 bits per heavy atom. The van der Waals surface area contributed by atoms with Gasteiger partial charge in [0.2, 0.25) is 0 Å². The third kappa shape index (κ3) is 2.87. The first kappa shape index (κ1) is 12.4. The van der Waals surface area contributed by atoms with Crippen LogP contribution in [0, 0.1) is 0 Å². The number of halogens is 2. The third-order valence-electron chi connectivity index (χ3n) is 2.28. The van der Waals surface area contributed by atoms with Crippen molar-refractivity contribution in [1.82, 2.24) is 15.2 Å². The van der Waals surface area contributed by atoms with Crippen molar-refractivity contribution in [3.63, 3.8) is 0 Å². The lowest BCUT2D eigenvalue weighted by atomic mass is 10.3. The van der Waals surface area contributed by atoms with E-state index in [1.807, 2.05) is 4.90 Å². The van der Waals surface area contributed by atoms with Gasteiger partial charge in [-0.3, -0.25) is 4.79 Å². The Balaban J connectivity index is 0.00000112. The number of rotatable bonds is 1. The molecule has 4 nitrogen and oxygen atoms in total. The Bertz CT molecular complexity index is 334. The molecule has 1 amide bonds. The molecule has 2 N–H and O–H groups in total. The number of hydrogen-bond donors (Lipinski definition) is 2. The van der Waals surface area contributed by atoms with Gasteiger partial charge in [0.05, 0.1) is 5.02 Å². The summed E-state index contributed by atoms with van der Waals surface area (Å²) in [5.41, 5.74) is 0.567. The van der Waals surface area contributed by atoms with Crippen LogP contribution in [0.1, 0.15) is 10.5 Å². The van der Waals surface area contributed by atoms with E-state index in [1.165, 1.54) is 0 Å². The molecule has 1 saturated heterocycles. The van der Waals surface area contributed by atoms with E-state index in [9.17, 15) is 4.79 Å². The Hall–Kier alpha value is -0.710. The number of hydrogen-bond acceptors (Lipinski definition) is 2. The maximum Gasteiger partial charge on any atom is 0.270 e. The molecule has 0 saturated carbocycles. The van der Waals surface area contributed by atoms with Crippen LogP contribution in [0.3, 0.4) is 0 Å². The molecule has 1 fully saturated rings. The highest BCUT2D eigenvalue weighted by Crippen LogP contribution is 2.11. The molecule has 1 aliphatic heterocycles. The minimum Gasteiger partial charge on any atom is -0.356 e. The molecule has 0 spiro atoms. The minimum atomic E-state index is 0. The third-order valence-corrected chi connectivity index (χ3v) is 2.50. The van der Waals surface area contributed by atoms with Crippen LogP contribution in [0.5, 0.6) is 0 Å². The smallest absolute Gasteiger partial charge is 0.270 e. The molecule has 0 atom stereocenters.